The van der Waals surface area contributed by atoms with E-state index in [9.17, 15) is 8.78 Å². The van der Waals surface area contributed by atoms with E-state index in [0.29, 0.717) is 11.6 Å². The molecule has 1 heterocycles. The Kier molecular flexibility index (Phi) is 3.10. The number of hydrogen-bond donors (Lipinski definition) is 1. The molecule has 0 radical (unpaired) electrons. The summed E-state index contributed by atoms with van der Waals surface area (Å²) in [5.74, 6) is -0.975. The minimum absolute atomic E-state index is 0.381. The largest absolute Gasteiger partial charge is 0.375 e. The molecule has 1 aliphatic heterocycles. The SMILES string of the molecule is CN(C)c1c(CC2CNC2)ccc(F)c1F. The van der Waals surface area contributed by atoms with Crippen LogP contribution in [-0.2, 0) is 6.42 Å². The Morgan fingerprint density at radius 1 is 1.31 bits per heavy atom. The van der Waals surface area contributed by atoms with Gasteiger partial charge in [0.05, 0.1) is 5.69 Å². The fraction of sp³-hybridized carbons (Fsp3) is 0.500. The number of benzene rings is 1. The fourth-order valence-corrected chi connectivity index (χ4v) is 2.03. The standard InChI is InChI=1S/C12H16F2N2/c1-16(2)12-9(5-8-6-15-7-8)3-4-10(13)11(12)14/h3-4,8,15H,5-7H2,1-2H3. The first-order valence-corrected chi connectivity index (χ1v) is 5.44. The van der Waals surface area contributed by atoms with E-state index >= 15 is 0 Å². The Bertz CT molecular complexity index is 387. The molecular weight excluding hydrogens is 210 g/mol. The van der Waals surface area contributed by atoms with Crippen LogP contribution in [0.4, 0.5) is 14.5 Å². The third-order valence-electron chi connectivity index (χ3n) is 2.97. The summed E-state index contributed by atoms with van der Waals surface area (Å²) in [5.41, 5.74) is 1.27. The van der Waals surface area contributed by atoms with Crippen molar-refractivity contribution >= 4 is 5.69 Å². The van der Waals surface area contributed by atoms with Crippen molar-refractivity contribution in [3.05, 3.63) is 29.3 Å². The summed E-state index contributed by atoms with van der Waals surface area (Å²) in [4.78, 5) is 1.64. The third kappa shape index (κ3) is 2.02. The first kappa shape index (κ1) is 11.3. The first-order chi connectivity index (χ1) is 7.59. The highest BCUT2D eigenvalue weighted by molar-refractivity contribution is 5.54. The highest BCUT2D eigenvalue weighted by Crippen LogP contribution is 2.27. The molecule has 0 unspecified atom stereocenters. The second kappa shape index (κ2) is 4.37. The Morgan fingerprint density at radius 2 is 2.00 bits per heavy atom. The van der Waals surface area contributed by atoms with E-state index in [-0.39, 0.29) is 0 Å². The van der Waals surface area contributed by atoms with E-state index in [1.165, 1.54) is 6.07 Å². The van der Waals surface area contributed by atoms with Gasteiger partial charge in [-0.05, 0) is 37.1 Å². The minimum atomic E-state index is -0.779. The van der Waals surface area contributed by atoms with Crippen LogP contribution in [0.5, 0.6) is 0 Å². The zero-order chi connectivity index (χ0) is 11.7. The lowest BCUT2D eigenvalue weighted by Crippen LogP contribution is -2.43. The van der Waals surface area contributed by atoms with Gasteiger partial charge in [-0.2, -0.15) is 0 Å². The van der Waals surface area contributed by atoms with Crippen LogP contribution in [0.3, 0.4) is 0 Å². The predicted molar refractivity (Wildman–Crippen MR) is 60.7 cm³/mol. The van der Waals surface area contributed by atoms with Gasteiger partial charge in [0, 0.05) is 14.1 Å². The summed E-state index contributed by atoms with van der Waals surface area (Å²) in [5, 5.41) is 3.17. The van der Waals surface area contributed by atoms with Crippen molar-refractivity contribution in [3.8, 4) is 0 Å². The monoisotopic (exact) mass is 226 g/mol. The van der Waals surface area contributed by atoms with Crippen molar-refractivity contribution < 1.29 is 8.78 Å². The fourth-order valence-electron chi connectivity index (χ4n) is 2.03. The van der Waals surface area contributed by atoms with Crippen LogP contribution < -0.4 is 10.2 Å². The van der Waals surface area contributed by atoms with E-state index in [1.54, 1.807) is 25.1 Å². The molecule has 1 N–H and O–H groups in total. The maximum atomic E-state index is 13.7. The smallest absolute Gasteiger partial charge is 0.182 e. The van der Waals surface area contributed by atoms with Crippen LogP contribution in [0.2, 0.25) is 0 Å². The van der Waals surface area contributed by atoms with Gasteiger partial charge in [0.15, 0.2) is 11.6 Å². The number of hydrogen-bond acceptors (Lipinski definition) is 2. The van der Waals surface area contributed by atoms with Crippen molar-refractivity contribution in [2.24, 2.45) is 5.92 Å². The molecule has 1 aromatic carbocycles. The zero-order valence-electron chi connectivity index (χ0n) is 9.56. The van der Waals surface area contributed by atoms with Gasteiger partial charge in [-0.3, -0.25) is 0 Å². The van der Waals surface area contributed by atoms with Gasteiger partial charge in [-0.15, -0.1) is 0 Å². The molecule has 1 aromatic rings. The van der Waals surface area contributed by atoms with Crippen molar-refractivity contribution in [1.82, 2.24) is 5.32 Å². The molecular formula is C12H16F2N2. The highest BCUT2D eigenvalue weighted by Gasteiger charge is 2.21. The quantitative estimate of drug-likeness (QED) is 0.845. The molecule has 4 heteroatoms. The van der Waals surface area contributed by atoms with Crippen molar-refractivity contribution in [1.29, 1.82) is 0 Å². The molecule has 0 aromatic heterocycles. The second-order valence-corrected chi connectivity index (χ2v) is 4.49. The average molecular weight is 226 g/mol. The Morgan fingerprint density at radius 3 is 2.50 bits per heavy atom. The molecule has 0 aliphatic carbocycles. The Balaban J connectivity index is 2.31. The molecule has 0 saturated carbocycles. The number of anilines is 1. The van der Waals surface area contributed by atoms with Crippen molar-refractivity contribution in [2.75, 3.05) is 32.1 Å². The van der Waals surface area contributed by atoms with E-state index < -0.39 is 11.6 Å². The summed E-state index contributed by atoms with van der Waals surface area (Å²) in [6.45, 7) is 1.93. The molecule has 1 aliphatic rings. The summed E-state index contributed by atoms with van der Waals surface area (Å²) >= 11 is 0. The van der Waals surface area contributed by atoms with Gasteiger partial charge in [0.2, 0.25) is 0 Å². The molecule has 16 heavy (non-hydrogen) atoms. The maximum absolute atomic E-state index is 13.7. The van der Waals surface area contributed by atoms with Gasteiger partial charge in [-0.1, -0.05) is 6.07 Å². The molecule has 2 nitrogen and oxygen atoms in total. The number of rotatable bonds is 3. The van der Waals surface area contributed by atoms with E-state index in [1.807, 2.05) is 0 Å². The number of halogens is 2. The van der Waals surface area contributed by atoms with Crippen molar-refractivity contribution in [2.45, 2.75) is 6.42 Å². The minimum Gasteiger partial charge on any atom is -0.375 e. The third-order valence-corrected chi connectivity index (χ3v) is 2.97. The van der Waals surface area contributed by atoms with Gasteiger partial charge in [0.25, 0.3) is 0 Å². The van der Waals surface area contributed by atoms with Crippen LogP contribution in [-0.4, -0.2) is 27.2 Å². The second-order valence-electron chi connectivity index (χ2n) is 4.49. The molecule has 88 valence electrons. The summed E-state index contributed by atoms with van der Waals surface area (Å²) in [7, 11) is 3.47. The molecule has 2 rings (SSSR count). The van der Waals surface area contributed by atoms with Crippen LogP contribution in [0.15, 0.2) is 12.1 Å². The average Bonchev–Trinajstić information content (AvgIpc) is 2.16. The summed E-state index contributed by atoms with van der Waals surface area (Å²) < 4.78 is 26.8. The van der Waals surface area contributed by atoms with Crippen molar-refractivity contribution in [3.63, 3.8) is 0 Å². The van der Waals surface area contributed by atoms with Gasteiger partial charge in [0.1, 0.15) is 0 Å². The molecule has 1 fully saturated rings. The van der Waals surface area contributed by atoms with Gasteiger partial charge < -0.3 is 10.2 Å². The molecule has 0 spiro atoms. The number of nitrogens with zero attached hydrogens (tertiary/aromatic N) is 1. The lowest BCUT2D eigenvalue weighted by atomic mass is 9.93. The van der Waals surface area contributed by atoms with Crippen LogP contribution in [0, 0.1) is 17.6 Å². The zero-order valence-corrected chi connectivity index (χ0v) is 9.56. The lowest BCUT2D eigenvalue weighted by Gasteiger charge is -2.29. The molecule has 0 atom stereocenters. The molecule has 0 amide bonds. The van der Waals surface area contributed by atoms with E-state index in [4.69, 9.17) is 0 Å². The lowest BCUT2D eigenvalue weighted by molar-refractivity contribution is 0.346. The maximum Gasteiger partial charge on any atom is 0.182 e. The van der Waals surface area contributed by atoms with Crippen LogP contribution in [0.25, 0.3) is 0 Å². The van der Waals surface area contributed by atoms with E-state index in [2.05, 4.69) is 5.32 Å². The van der Waals surface area contributed by atoms with Crippen LogP contribution in [0.1, 0.15) is 5.56 Å². The normalized spacial score (nSPS) is 16.0. The molecule has 1 saturated heterocycles. The first-order valence-electron chi connectivity index (χ1n) is 5.44. The highest BCUT2D eigenvalue weighted by atomic mass is 19.2. The molecule has 0 bridgehead atoms. The van der Waals surface area contributed by atoms with E-state index in [0.717, 1.165) is 25.1 Å². The van der Waals surface area contributed by atoms with Gasteiger partial charge >= 0.3 is 0 Å². The Hall–Kier alpha value is -1.16. The summed E-state index contributed by atoms with van der Waals surface area (Å²) in [6, 6.07) is 2.90. The topological polar surface area (TPSA) is 15.3 Å². The van der Waals surface area contributed by atoms with Crippen LogP contribution >= 0.6 is 0 Å². The summed E-state index contributed by atoms with van der Waals surface area (Å²) in [6.07, 6.45) is 0.803. The predicted octanol–water partition coefficient (Wildman–Crippen LogP) is 1.79. The Labute approximate surface area is 94.3 Å². The number of nitrogens with one attached hydrogen (secondary N) is 1. The van der Waals surface area contributed by atoms with Gasteiger partial charge in [-0.25, -0.2) is 8.78 Å².